The maximum Gasteiger partial charge on any atom is 0.0635 e. The van der Waals surface area contributed by atoms with Crippen LogP contribution in [0.5, 0.6) is 0 Å². The van der Waals surface area contributed by atoms with Crippen LogP contribution in [-0.2, 0) is 0 Å². The van der Waals surface area contributed by atoms with Gasteiger partial charge in [0.05, 0.1) is 27.9 Å². The molecule has 0 N–H and O–H groups in total. The van der Waals surface area contributed by atoms with Crippen LogP contribution in [0.15, 0.2) is 162 Å². The van der Waals surface area contributed by atoms with Crippen molar-refractivity contribution in [2.24, 2.45) is 0 Å². The number of benzene rings is 6. The Hall–Kier alpha value is -5.19. The van der Waals surface area contributed by atoms with Gasteiger partial charge in [0.25, 0.3) is 0 Å². The average molecular weight is 556 g/mol. The maximum absolute atomic E-state index is 2.43. The lowest BCUT2D eigenvalue weighted by Gasteiger charge is -2.32. The molecule has 1 aliphatic rings. The van der Waals surface area contributed by atoms with E-state index in [1.54, 1.807) is 0 Å². The van der Waals surface area contributed by atoms with E-state index in [1.807, 2.05) is 11.8 Å². The number of fused-ring (bicyclic) bond motifs is 7. The minimum Gasteiger partial charge on any atom is -0.316 e. The molecule has 0 unspecified atom stereocenters. The average Bonchev–Trinajstić information content (AvgIpc) is 3.64. The van der Waals surface area contributed by atoms with Crippen molar-refractivity contribution < 1.29 is 0 Å². The summed E-state index contributed by atoms with van der Waals surface area (Å²) in [5.41, 5.74) is 9.56. The van der Waals surface area contributed by atoms with Crippen LogP contribution in [-0.4, -0.2) is 9.13 Å². The first-order valence-corrected chi connectivity index (χ1v) is 15.0. The maximum atomic E-state index is 2.43. The Morgan fingerprint density at radius 1 is 0.405 bits per heavy atom. The molecule has 3 nitrogen and oxygen atoms in total. The fraction of sp³-hybridized carbons (Fsp3) is 0. The second-order valence-corrected chi connectivity index (χ2v) is 11.7. The normalized spacial score (nSPS) is 12.6. The third-order valence-corrected chi connectivity index (χ3v) is 9.47. The molecular weight excluding hydrogens is 531 g/mol. The summed E-state index contributed by atoms with van der Waals surface area (Å²) in [6.07, 6.45) is 2.19. The molecule has 0 atom stereocenters. The topological polar surface area (TPSA) is 13.1 Å². The van der Waals surface area contributed by atoms with Crippen molar-refractivity contribution in [2.75, 3.05) is 4.90 Å². The van der Waals surface area contributed by atoms with Crippen molar-refractivity contribution in [1.29, 1.82) is 0 Å². The zero-order valence-corrected chi connectivity index (χ0v) is 23.5. The van der Waals surface area contributed by atoms with Gasteiger partial charge in [-0.15, -0.1) is 0 Å². The van der Waals surface area contributed by atoms with E-state index >= 15 is 0 Å². The van der Waals surface area contributed by atoms with Gasteiger partial charge < -0.3 is 14.0 Å². The molecule has 9 rings (SSSR count). The molecule has 3 heterocycles. The van der Waals surface area contributed by atoms with Crippen LogP contribution in [0.3, 0.4) is 0 Å². The van der Waals surface area contributed by atoms with Gasteiger partial charge in [-0.05, 0) is 78.9 Å². The Morgan fingerprint density at radius 2 is 1.05 bits per heavy atom. The van der Waals surface area contributed by atoms with Gasteiger partial charge in [-0.2, -0.15) is 0 Å². The molecule has 42 heavy (non-hydrogen) atoms. The molecular formula is C38H25N3S. The van der Waals surface area contributed by atoms with Crippen LogP contribution in [0.4, 0.5) is 17.1 Å². The van der Waals surface area contributed by atoms with Gasteiger partial charge in [-0.25, -0.2) is 0 Å². The minimum absolute atomic E-state index is 1.15. The Bertz CT molecular complexity index is 2230. The van der Waals surface area contributed by atoms with E-state index in [4.69, 9.17) is 0 Å². The molecule has 0 fully saturated rings. The molecule has 8 aromatic rings. The summed E-state index contributed by atoms with van der Waals surface area (Å²) < 4.78 is 4.71. The molecule has 0 saturated heterocycles. The molecule has 0 aliphatic carbocycles. The Kier molecular flexibility index (Phi) is 5.13. The third-order valence-electron chi connectivity index (χ3n) is 8.34. The van der Waals surface area contributed by atoms with Crippen molar-refractivity contribution in [2.45, 2.75) is 9.79 Å². The molecule has 0 bridgehead atoms. The standard InChI is InChI=1S/C38H25N3S/c1-2-10-26(11-3-1)39-25-24-31-32(39)23-22-30-29-12-4-5-13-33(29)41(38(30)31)28-20-18-27(19-21-28)40-34-14-6-8-16-36(34)42-37-17-9-7-15-35(37)40/h1-25H. The molecule has 4 heteroatoms. The van der Waals surface area contributed by atoms with Gasteiger partial charge >= 0.3 is 0 Å². The van der Waals surface area contributed by atoms with Crippen LogP contribution >= 0.6 is 11.8 Å². The predicted octanol–water partition coefficient (Wildman–Crippen LogP) is 10.7. The summed E-state index contributed by atoms with van der Waals surface area (Å²) in [5, 5.41) is 3.78. The predicted molar refractivity (Wildman–Crippen MR) is 176 cm³/mol. The Labute approximate surface area is 247 Å². The number of para-hydroxylation sites is 4. The molecule has 0 spiro atoms. The number of hydrogen-bond donors (Lipinski definition) is 0. The van der Waals surface area contributed by atoms with Crippen molar-refractivity contribution in [3.8, 4) is 11.4 Å². The van der Waals surface area contributed by atoms with Gasteiger partial charge in [-0.3, -0.25) is 0 Å². The summed E-state index contributed by atoms with van der Waals surface area (Å²) in [6.45, 7) is 0. The van der Waals surface area contributed by atoms with Crippen LogP contribution in [0.2, 0.25) is 0 Å². The summed E-state index contributed by atoms with van der Waals surface area (Å²) >= 11 is 1.84. The third kappa shape index (κ3) is 3.42. The van der Waals surface area contributed by atoms with E-state index in [-0.39, 0.29) is 0 Å². The fourth-order valence-corrected chi connectivity index (χ4v) is 7.55. The Morgan fingerprint density at radius 3 is 1.81 bits per heavy atom. The lowest BCUT2D eigenvalue weighted by atomic mass is 10.1. The van der Waals surface area contributed by atoms with E-state index < -0.39 is 0 Å². The fourth-order valence-electron chi connectivity index (χ4n) is 6.49. The molecule has 0 radical (unpaired) electrons. The zero-order valence-electron chi connectivity index (χ0n) is 22.7. The highest BCUT2D eigenvalue weighted by Gasteiger charge is 2.24. The van der Waals surface area contributed by atoms with Gasteiger partial charge in [0, 0.05) is 49.2 Å². The van der Waals surface area contributed by atoms with E-state index in [2.05, 4.69) is 166 Å². The number of rotatable bonds is 3. The second-order valence-electron chi connectivity index (χ2n) is 10.7. The molecule has 0 saturated carbocycles. The van der Waals surface area contributed by atoms with Gasteiger partial charge in [0.1, 0.15) is 0 Å². The van der Waals surface area contributed by atoms with E-state index in [0.717, 1.165) is 11.4 Å². The summed E-state index contributed by atoms with van der Waals surface area (Å²) in [6, 6.07) is 52.5. The van der Waals surface area contributed by atoms with Crippen LogP contribution < -0.4 is 4.90 Å². The summed E-state index contributed by atoms with van der Waals surface area (Å²) in [5.74, 6) is 0. The van der Waals surface area contributed by atoms with Crippen molar-refractivity contribution >= 4 is 61.5 Å². The van der Waals surface area contributed by atoms with Crippen molar-refractivity contribution in [3.05, 3.63) is 152 Å². The van der Waals surface area contributed by atoms with Crippen molar-refractivity contribution in [1.82, 2.24) is 9.13 Å². The summed E-state index contributed by atoms with van der Waals surface area (Å²) in [4.78, 5) is 4.93. The zero-order chi connectivity index (χ0) is 27.6. The number of nitrogens with zero attached hydrogens (tertiary/aromatic N) is 3. The number of anilines is 3. The first kappa shape index (κ1) is 23.5. The van der Waals surface area contributed by atoms with Crippen LogP contribution in [0, 0.1) is 0 Å². The quantitative estimate of drug-likeness (QED) is 0.215. The highest BCUT2D eigenvalue weighted by Crippen LogP contribution is 2.51. The number of aromatic nitrogens is 2. The molecule has 6 aromatic carbocycles. The van der Waals surface area contributed by atoms with Crippen molar-refractivity contribution in [3.63, 3.8) is 0 Å². The highest BCUT2D eigenvalue weighted by atomic mass is 32.2. The second kappa shape index (κ2) is 9.16. The van der Waals surface area contributed by atoms with Crippen LogP contribution in [0.25, 0.3) is 44.1 Å². The first-order valence-electron chi connectivity index (χ1n) is 14.2. The van der Waals surface area contributed by atoms with E-state index in [0.29, 0.717) is 0 Å². The van der Waals surface area contributed by atoms with E-state index in [9.17, 15) is 0 Å². The Balaban J connectivity index is 1.25. The van der Waals surface area contributed by atoms with Gasteiger partial charge in [-0.1, -0.05) is 78.5 Å². The molecule has 1 aliphatic heterocycles. The molecule has 0 amide bonds. The minimum atomic E-state index is 1.15. The van der Waals surface area contributed by atoms with E-state index in [1.165, 1.54) is 59.6 Å². The lowest BCUT2D eigenvalue weighted by Crippen LogP contribution is -2.14. The van der Waals surface area contributed by atoms with Gasteiger partial charge in [0.2, 0.25) is 0 Å². The molecule has 2 aromatic heterocycles. The van der Waals surface area contributed by atoms with Crippen LogP contribution in [0.1, 0.15) is 0 Å². The first-order chi connectivity index (χ1) is 20.8. The summed E-state index contributed by atoms with van der Waals surface area (Å²) in [7, 11) is 0. The number of hydrogen-bond acceptors (Lipinski definition) is 2. The largest absolute Gasteiger partial charge is 0.316 e. The molecule has 198 valence electrons. The van der Waals surface area contributed by atoms with Gasteiger partial charge in [0.15, 0.2) is 0 Å². The lowest BCUT2D eigenvalue weighted by molar-refractivity contribution is 1.13. The SMILES string of the molecule is c1ccc(-n2ccc3c2ccc2c4ccccc4n(-c4ccc(N5c6ccccc6Sc6ccccc65)cc4)c23)cc1. The monoisotopic (exact) mass is 555 g/mol. The smallest absolute Gasteiger partial charge is 0.0635 e. The highest BCUT2D eigenvalue weighted by molar-refractivity contribution is 7.99.